The second kappa shape index (κ2) is 6.29. The van der Waals surface area contributed by atoms with Crippen LogP contribution in [0.3, 0.4) is 0 Å². The fourth-order valence-electron chi connectivity index (χ4n) is 2.29. The molecule has 0 radical (unpaired) electrons. The molecular weight excluding hydrogens is 274 g/mol. The van der Waals surface area contributed by atoms with Gasteiger partial charge in [0.2, 0.25) is 0 Å². The molecule has 0 aliphatic carbocycles. The van der Waals surface area contributed by atoms with Gasteiger partial charge in [0.25, 0.3) is 0 Å². The second-order valence-corrected chi connectivity index (χ2v) is 5.20. The molecule has 0 saturated carbocycles. The van der Waals surface area contributed by atoms with Crippen molar-refractivity contribution in [2.45, 2.75) is 26.9 Å². The van der Waals surface area contributed by atoms with Gasteiger partial charge in [0.1, 0.15) is 5.75 Å². The lowest BCUT2D eigenvalue weighted by Crippen LogP contribution is -2.15. The predicted octanol–water partition coefficient (Wildman–Crippen LogP) is 2.99. The Morgan fingerprint density at radius 1 is 1.25 bits per heavy atom. The van der Waals surface area contributed by atoms with Crippen LogP contribution in [-0.4, -0.2) is 16.9 Å². The van der Waals surface area contributed by atoms with Gasteiger partial charge in [-0.25, -0.2) is 0 Å². The number of methoxy groups -OCH3 is 1. The van der Waals surface area contributed by atoms with E-state index in [-0.39, 0.29) is 0 Å². The Hall–Kier alpha value is -1.52. The number of halogens is 1. The van der Waals surface area contributed by atoms with E-state index >= 15 is 0 Å². The number of rotatable bonds is 5. The number of ether oxygens (including phenoxy) is 1. The summed E-state index contributed by atoms with van der Waals surface area (Å²) in [5, 5.41) is 8.54. The molecule has 0 fully saturated rings. The van der Waals surface area contributed by atoms with Crippen molar-refractivity contribution in [3.8, 4) is 5.75 Å². The van der Waals surface area contributed by atoms with Crippen LogP contribution in [0.2, 0.25) is 5.02 Å². The largest absolute Gasteiger partial charge is 0.496 e. The van der Waals surface area contributed by atoms with Crippen LogP contribution in [-0.2, 0) is 20.1 Å². The molecule has 4 nitrogen and oxygen atoms in total. The van der Waals surface area contributed by atoms with Gasteiger partial charge in [-0.3, -0.25) is 4.68 Å². The number of aryl methyl sites for hydroxylation is 2. The lowest BCUT2D eigenvalue weighted by molar-refractivity contribution is 0.407. The van der Waals surface area contributed by atoms with Crippen LogP contribution in [0, 0.1) is 13.8 Å². The maximum absolute atomic E-state index is 6.22. The Morgan fingerprint density at radius 3 is 2.55 bits per heavy atom. The summed E-state index contributed by atoms with van der Waals surface area (Å²) < 4.78 is 7.24. The Morgan fingerprint density at radius 2 is 1.95 bits per heavy atom. The molecule has 20 heavy (non-hydrogen) atoms. The summed E-state index contributed by atoms with van der Waals surface area (Å²) in [4.78, 5) is 0. The Labute approximate surface area is 124 Å². The molecule has 1 heterocycles. The molecule has 0 saturated heterocycles. The van der Waals surface area contributed by atoms with Gasteiger partial charge in [-0.15, -0.1) is 0 Å². The summed E-state index contributed by atoms with van der Waals surface area (Å²) in [6.07, 6.45) is 0. The molecule has 0 spiro atoms. The minimum absolute atomic E-state index is 0.663. The number of nitrogens with one attached hydrogen (secondary N) is 1. The average Bonchev–Trinajstić information content (AvgIpc) is 2.66. The SMILES string of the molecule is COc1cccc(Cl)c1CNCc1c(C)nn(C)c1C. The molecule has 0 bridgehead atoms. The third-order valence-electron chi connectivity index (χ3n) is 3.56. The van der Waals surface area contributed by atoms with Crippen molar-refractivity contribution < 1.29 is 4.74 Å². The van der Waals surface area contributed by atoms with E-state index in [1.807, 2.05) is 36.9 Å². The summed E-state index contributed by atoms with van der Waals surface area (Å²) in [6.45, 7) is 5.53. The first-order valence-electron chi connectivity index (χ1n) is 6.55. The first-order chi connectivity index (χ1) is 9.54. The van der Waals surface area contributed by atoms with Crippen LogP contribution < -0.4 is 10.1 Å². The lowest BCUT2D eigenvalue weighted by Gasteiger charge is -2.11. The maximum Gasteiger partial charge on any atom is 0.124 e. The average molecular weight is 294 g/mol. The molecular formula is C15H20ClN3O. The van der Waals surface area contributed by atoms with Crippen LogP contribution in [0.1, 0.15) is 22.5 Å². The quantitative estimate of drug-likeness (QED) is 0.921. The number of aromatic nitrogens is 2. The van der Waals surface area contributed by atoms with Gasteiger partial charge in [0, 0.05) is 42.0 Å². The molecule has 0 aliphatic rings. The molecule has 0 aliphatic heterocycles. The first kappa shape index (κ1) is 14.9. The van der Waals surface area contributed by atoms with E-state index in [2.05, 4.69) is 17.3 Å². The first-order valence-corrected chi connectivity index (χ1v) is 6.93. The van der Waals surface area contributed by atoms with E-state index in [1.165, 1.54) is 11.3 Å². The predicted molar refractivity (Wildman–Crippen MR) is 81.2 cm³/mol. The maximum atomic E-state index is 6.22. The minimum Gasteiger partial charge on any atom is -0.496 e. The van der Waals surface area contributed by atoms with Crippen molar-refractivity contribution in [3.63, 3.8) is 0 Å². The highest BCUT2D eigenvalue weighted by Gasteiger charge is 2.10. The van der Waals surface area contributed by atoms with Crippen molar-refractivity contribution in [2.75, 3.05) is 7.11 Å². The number of nitrogens with zero attached hydrogens (tertiary/aromatic N) is 2. The normalized spacial score (nSPS) is 10.8. The fraction of sp³-hybridized carbons (Fsp3) is 0.400. The van der Waals surface area contributed by atoms with Crippen LogP contribution in [0.4, 0.5) is 0 Å². The van der Waals surface area contributed by atoms with E-state index < -0.39 is 0 Å². The topological polar surface area (TPSA) is 39.1 Å². The molecule has 2 rings (SSSR count). The Balaban J connectivity index is 2.07. The molecule has 0 amide bonds. The molecule has 1 aromatic heterocycles. The van der Waals surface area contributed by atoms with E-state index in [0.717, 1.165) is 28.6 Å². The van der Waals surface area contributed by atoms with Gasteiger partial charge in [-0.2, -0.15) is 5.10 Å². The second-order valence-electron chi connectivity index (χ2n) is 4.80. The molecule has 0 unspecified atom stereocenters. The smallest absolute Gasteiger partial charge is 0.124 e. The van der Waals surface area contributed by atoms with E-state index in [4.69, 9.17) is 16.3 Å². The standard InChI is InChI=1S/C15H20ClN3O/c1-10-12(11(2)19(3)18-10)8-17-9-13-14(16)6-5-7-15(13)20-4/h5-7,17H,8-9H2,1-4H3. The zero-order chi connectivity index (χ0) is 14.7. The van der Waals surface area contributed by atoms with Gasteiger partial charge < -0.3 is 10.1 Å². The van der Waals surface area contributed by atoms with Crippen molar-refractivity contribution in [1.82, 2.24) is 15.1 Å². The van der Waals surface area contributed by atoms with Gasteiger partial charge >= 0.3 is 0 Å². The molecule has 1 aromatic carbocycles. The summed E-state index contributed by atoms with van der Waals surface area (Å²) in [5.41, 5.74) is 4.46. The Bertz CT molecular complexity index is 607. The number of hydrogen-bond acceptors (Lipinski definition) is 3. The van der Waals surface area contributed by atoms with Crippen LogP contribution in [0.5, 0.6) is 5.75 Å². The van der Waals surface area contributed by atoms with Crippen LogP contribution >= 0.6 is 11.6 Å². The number of hydrogen-bond donors (Lipinski definition) is 1. The van der Waals surface area contributed by atoms with E-state index in [9.17, 15) is 0 Å². The minimum atomic E-state index is 0.663. The van der Waals surface area contributed by atoms with Gasteiger partial charge in [-0.05, 0) is 26.0 Å². The fourth-order valence-corrected chi connectivity index (χ4v) is 2.52. The highest BCUT2D eigenvalue weighted by molar-refractivity contribution is 6.31. The summed E-state index contributed by atoms with van der Waals surface area (Å²) in [6, 6.07) is 5.69. The molecule has 0 atom stereocenters. The van der Waals surface area contributed by atoms with Crippen molar-refractivity contribution in [1.29, 1.82) is 0 Å². The molecule has 1 N–H and O–H groups in total. The van der Waals surface area contributed by atoms with Gasteiger partial charge in [-0.1, -0.05) is 17.7 Å². The van der Waals surface area contributed by atoms with Crippen LogP contribution in [0.25, 0.3) is 0 Å². The van der Waals surface area contributed by atoms with E-state index in [1.54, 1.807) is 7.11 Å². The summed E-state index contributed by atoms with van der Waals surface area (Å²) in [5.74, 6) is 0.810. The third kappa shape index (κ3) is 2.97. The molecule has 2 aromatic rings. The summed E-state index contributed by atoms with van der Waals surface area (Å²) in [7, 11) is 3.62. The highest BCUT2D eigenvalue weighted by atomic mass is 35.5. The monoisotopic (exact) mass is 293 g/mol. The highest BCUT2D eigenvalue weighted by Crippen LogP contribution is 2.26. The van der Waals surface area contributed by atoms with Crippen molar-refractivity contribution >= 4 is 11.6 Å². The Kier molecular flexibility index (Phi) is 4.68. The van der Waals surface area contributed by atoms with Gasteiger partial charge in [0.05, 0.1) is 12.8 Å². The molecule has 5 heteroatoms. The van der Waals surface area contributed by atoms with Crippen LogP contribution in [0.15, 0.2) is 18.2 Å². The zero-order valence-corrected chi connectivity index (χ0v) is 13.1. The van der Waals surface area contributed by atoms with Crippen molar-refractivity contribution in [2.24, 2.45) is 7.05 Å². The molecule has 108 valence electrons. The lowest BCUT2D eigenvalue weighted by atomic mass is 10.1. The van der Waals surface area contributed by atoms with Crippen molar-refractivity contribution in [3.05, 3.63) is 45.7 Å². The van der Waals surface area contributed by atoms with Gasteiger partial charge in [0.15, 0.2) is 0 Å². The van der Waals surface area contributed by atoms with E-state index in [0.29, 0.717) is 6.54 Å². The zero-order valence-electron chi connectivity index (χ0n) is 12.3. The summed E-state index contributed by atoms with van der Waals surface area (Å²) >= 11 is 6.22. The third-order valence-corrected chi connectivity index (χ3v) is 3.91. The number of benzene rings is 1.